The summed E-state index contributed by atoms with van der Waals surface area (Å²) in [5.74, 6) is 3.04. The summed E-state index contributed by atoms with van der Waals surface area (Å²) in [6.07, 6.45) is 5.74. The number of aryl methyl sites for hydroxylation is 1. The Balaban J connectivity index is 1.12. The molecule has 0 radical (unpaired) electrons. The van der Waals surface area contributed by atoms with Gasteiger partial charge in [0.2, 0.25) is 0 Å². The van der Waals surface area contributed by atoms with E-state index in [9.17, 15) is 4.79 Å². The molecule has 1 amide bonds. The number of hydroxylamine groups is 1. The third-order valence-electron chi connectivity index (χ3n) is 9.17. The van der Waals surface area contributed by atoms with E-state index in [1.165, 1.54) is 25.9 Å². The molecule has 0 aliphatic carbocycles. The highest BCUT2D eigenvalue weighted by atomic mass is 16.5. The molecule has 10 heteroatoms. The molecule has 4 heterocycles. The Morgan fingerprint density at radius 1 is 1.00 bits per heavy atom. The molecule has 0 unspecified atom stereocenters. The molecule has 244 valence electrons. The van der Waals surface area contributed by atoms with Crippen molar-refractivity contribution in [2.75, 3.05) is 58.3 Å². The average molecular weight is 628 g/mol. The van der Waals surface area contributed by atoms with Gasteiger partial charge in [-0.2, -0.15) is 0 Å². The molecule has 4 aromatic rings. The van der Waals surface area contributed by atoms with Crippen LogP contribution in [0.15, 0.2) is 59.0 Å². The first-order valence-corrected chi connectivity index (χ1v) is 16.4. The van der Waals surface area contributed by atoms with Crippen LogP contribution >= 0.6 is 0 Å². The number of hydrogen-bond acceptors (Lipinski definition) is 9. The van der Waals surface area contributed by atoms with Crippen molar-refractivity contribution in [2.45, 2.75) is 45.6 Å². The van der Waals surface area contributed by atoms with Crippen molar-refractivity contribution in [1.82, 2.24) is 20.3 Å². The van der Waals surface area contributed by atoms with Gasteiger partial charge in [0.05, 0.1) is 19.2 Å². The number of aromatic nitrogens is 1. The molecule has 2 aliphatic heterocycles. The first-order chi connectivity index (χ1) is 22.5. The number of nitrogens with zero attached hydrogens (tertiary/aromatic N) is 3. The van der Waals surface area contributed by atoms with Crippen molar-refractivity contribution in [2.24, 2.45) is 5.92 Å². The van der Waals surface area contributed by atoms with E-state index < -0.39 is 5.91 Å². The Morgan fingerprint density at radius 3 is 2.48 bits per heavy atom. The Kier molecular flexibility index (Phi) is 10.4. The number of anilines is 1. The van der Waals surface area contributed by atoms with Crippen LogP contribution < -0.4 is 20.3 Å². The van der Waals surface area contributed by atoms with Crippen LogP contribution in [0.3, 0.4) is 0 Å². The Morgan fingerprint density at radius 2 is 1.78 bits per heavy atom. The summed E-state index contributed by atoms with van der Waals surface area (Å²) < 4.78 is 18.0. The van der Waals surface area contributed by atoms with Crippen LogP contribution in [0.25, 0.3) is 22.4 Å². The molecule has 6 rings (SSSR count). The minimum Gasteiger partial charge on any atom is -0.493 e. The number of furan rings is 1. The van der Waals surface area contributed by atoms with Gasteiger partial charge in [-0.3, -0.25) is 14.9 Å². The molecule has 2 aromatic heterocycles. The maximum Gasteiger partial charge on any atom is 0.274 e. The Hall–Kier alpha value is -4.12. The van der Waals surface area contributed by atoms with Crippen LogP contribution in [0, 0.1) is 12.8 Å². The fourth-order valence-corrected chi connectivity index (χ4v) is 6.51. The van der Waals surface area contributed by atoms with Gasteiger partial charge in [0, 0.05) is 42.3 Å². The fourth-order valence-electron chi connectivity index (χ4n) is 6.51. The molecule has 2 aromatic carbocycles. The third kappa shape index (κ3) is 7.81. The largest absolute Gasteiger partial charge is 0.493 e. The quantitative estimate of drug-likeness (QED) is 0.0917. The number of fused-ring (bicyclic) bond motifs is 1. The number of amides is 1. The molecular formula is C36H45N5O5. The van der Waals surface area contributed by atoms with Crippen LogP contribution in [-0.2, 0) is 6.54 Å². The van der Waals surface area contributed by atoms with Gasteiger partial charge in [-0.05, 0) is 113 Å². The van der Waals surface area contributed by atoms with Gasteiger partial charge in [0.15, 0.2) is 17.3 Å². The molecule has 2 saturated heterocycles. The second kappa shape index (κ2) is 15.0. The maximum atomic E-state index is 11.6. The van der Waals surface area contributed by atoms with E-state index in [0.717, 1.165) is 91.4 Å². The Bertz CT molecular complexity index is 1610. The van der Waals surface area contributed by atoms with Crippen molar-refractivity contribution >= 4 is 22.5 Å². The summed E-state index contributed by atoms with van der Waals surface area (Å²) in [6, 6.07) is 17.4. The minimum absolute atomic E-state index is 0.444. The van der Waals surface area contributed by atoms with Crippen molar-refractivity contribution < 1.29 is 23.9 Å². The Labute approximate surface area is 270 Å². The zero-order valence-corrected chi connectivity index (χ0v) is 26.9. The highest BCUT2D eigenvalue weighted by molar-refractivity contribution is 5.96. The predicted molar refractivity (Wildman–Crippen MR) is 179 cm³/mol. The molecule has 46 heavy (non-hydrogen) atoms. The number of piperidine rings is 1. The SMILES string of the molecule is COc1cc2c(NCC3CCN(Cc4ccc(C(=O)NO)cc4)CC3)cc(-c3ccc(C)o3)nc2cc1OCCCN1CCCC1. The second-order valence-electron chi connectivity index (χ2n) is 12.5. The van der Waals surface area contributed by atoms with Crippen molar-refractivity contribution in [3.63, 3.8) is 0 Å². The second-order valence-corrected chi connectivity index (χ2v) is 12.5. The standard InChI is InChI=1S/C36H45N5O5/c1-25-6-11-33(46-25)32-21-30(29-20-34(44-2)35(22-31(29)38-32)45-19-5-16-40-14-3-4-15-40)37-23-26-12-17-41(18-13-26)24-27-7-9-28(10-8-27)36(42)39-43/h6-11,20-22,26,43H,3-5,12-19,23-24H2,1-2H3,(H,37,38)(H,39,42). The molecule has 0 spiro atoms. The van der Waals surface area contributed by atoms with Crippen molar-refractivity contribution in [3.8, 4) is 23.0 Å². The average Bonchev–Trinajstić information content (AvgIpc) is 3.77. The number of ether oxygens (including phenoxy) is 2. The molecule has 0 saturated carbocycles. The topological polar surface area (TPSA) is 112 Å². The number of carbonyl (C=O) groups excluding carboxylic acids is 1. The molecule has 2 aliphatic rings. The minimum atomic E-state index is -0.497. The van der Waals surface area contributed by atoms with E-state index in [1.54, 1.807) is 24.7 Å². The van der Waals surface area contributed by atoms with Crippen molar-refractivity contribution in [3.05, 3.63) is 71.5 Å². The fraction of sp³-hybridized carbons (Fsp3) is 0.444. The van der Waals surface area contributed by atoms with E-state index in [0.29, 0.717) is 29.6 Å². The number of carbonyl (C=O) groups is 1. The molecule has 3 N–H and O–H groups in total. The lowest BCUT2D eigenvalue weighted by Gasteiger charge is -2.32. The summed E-state index contributed by atoms with van der Waals surface area (Å²) in [6.45, 7) is 9.72. The monoisotopic (exact) mass is 627 g/mol. The van der Waals surface area contributed by atoms with Crippen LogP contribution in [0.2, 0.25) is 0 Å². The third-order valence-corrected chi connectivity index (χ3v) is 9.17. The van der Waals surface area contributed by atoms with E-state index in [2.05, 4.69) is 21.2 Å². The van der Waals surface area contributed by atoms with E-state index >= 15 is 0 Å². The summed E-state index contributed by atoms with van der Waals surface area (Å²) in [5, 5.41) is 13.6. The van der Waals surface area contributed by atoms with Gasteiger partial charge in [-0.1, -0.05) is 12.1 Å². The highest BCUT2D eigenvalue weighted by Crippen LogP contribution is 2.37. The molecule has 2 fully saturated rings. The molecule has 10 nitrogen and oxygen atoms in total. The number of rotatable bonds is 13. The van der Waals surface area contributed by atoms with Gasteiger partial charge in [0.25, 0.3) is 5.91 Å². The van der Waals surface area contributed by atoms with Gasteiger partial charge in [-0.15, -0.1) is 0 Å². The normalized spacial score (nSPS) is 16.2. The number of likely N-dealkylation sites (tertiary alicyclic amines) is 2. The first-order valence-electron chi connectivity index (χ1n) is 16.4. The van der Waals surface area contributed by atoms with Gasteiger partial charge in [-0.25, -0.2) is 10.5 Å². The van der Waals surface area contributed by atoms with Gasteiger partial charge < -0.3 is 24.1 Å². The van der Waals surface area contributed by atoms with Crippen LogP contribution in [-0.4, -0.2) is 78.9 Å². The first kappa shape index (κ1) is 31.8. The lowest BCUT2D eigenvalue weighted by atomic mass is 9.96. The molecule has 0 atom stereocenters. The predicted octanol–water partition coefficient (Wildman–Crippen LogP) is 6.12. The van der Waals surface area contributed by atoms with E-state index in [1.807, 2.05) is 43.3 Å². The van der Waals surface area contributed by atoms with Crippen molar-refractivity contribution in [1.29, 1.82) is 0 Å². The zero-order valence-electron chi connectivity index (χ0n) is 26.9. The number of hydrogen-bond donors (Lipinski definition) is 3. The molecular weight excluding hydrogens is 582 g/mol. The van der Waals surface area contributed by atoms with E-state index in [-0.39, 0.29) is 0 Å². The zero-order chi connectivity index (χ0) is 31.9. The van der Waals surface area contributed by atoms with Gasteiger partial charge in [0.1, 0.15) is 11.5 Å². The summed E-state index contributed by atoms with van der Waals surface area (Å²) in [4.78, 5) is 21.6. The lowest BCUT2D eigenvalue weighted by molar-refractivity contribution is 0.0706. The van der Waals surface area contributed by atoms with Crippen LogP contribution in [0.5, 0.6) is 11.5 Å². The summed E-state index contributed by atoms with van der Waals surface area (Å²) >= 11 is 0. The smallest absolute Gasteiger partial charge is 0.274 e. The maximum absolute atomic E-state index is 11.6. The van der Waals surface area contributed by atoms with Crippen LogP contribution in [0.4, 0.5) is 5.69 Å². The highest BCUT2D eigenvalue weighted by Gasteiger charge is 2.21. The number of nitrogens with one attached hydrogen (secondary N) is 2. The summed E-state index contributed by atoms with van der Waals surface area (Å²) in [7, 11) is 1.69. The number of methoxy groups -OCH3 is 1. The number of pyridine rings is 1. The lowest BCUT2D eigenvalue weighted by Crippen LogP contribution is -2.35. The van der Waals surface area contributed by atoms with E-state index in [4.69, 9.17) is 24.1 Å². The summed E-state index contributed by atoms with van der Waals surface area (Å²) in [5.41, 5.74) is 5.90. The van der Waals surface area contributed by atoms with Crippen LogP contribution in [0.1, 0.15) is 53.8 Å². The number of benzene rings is 2. The van der Waals surface area contributed by atoms with Gasteiger partial charge >= 0.3 is 0 Å². The molecule has 0 bridgehead atoms.